The number of anilines is 2. The summed E-state index contributed by atoms with van der Waals surface area (Å²) in [7, 11) is -3.85. The van der Waals surface area contributed by atoms with Crippen molar-refractivity contribution in [1.82, 2.24) is 9.97 Å². The number of nitrogens with two attached hydrogens (primary N) is 1. The fourth-order valence-corrected chi connectivity index (χ4v) is 4.70. The number of thioether (sulfide) groups is 1. The number of amides is 1. The molecular formula is C20H19FN4O3S2. The first kappa shape index (κ1) is 21.7. The molecule has 7 nitrogen and oxygen atoms in total. The standard InChI is InChI=1S/C20H19FN4O3S2/c1-2-16(19(26)24-14-10-8-13(21)9-11-14)29-20-23-12-17(18(22)25-20)30(27,28)15-6-4-3-5-7-15/h3-12,16H,2H2,1H3,(H,24,26)(H2,22,23,25)/t16-/m1/s1. The van der Waals surface area contributed by atoms with Crippen molar-refractivity contribution >= 4 is 39.0 Å². The highest BCUT2D eigenvalue weighted by Gasteiger charge is 2.24. The lowest BCUT2D eigenvalue weighted by Crippen LogP contribution is -2.25. The molecule has 0 aliphatic rings. The summed E-state index contributed by atoms with van der Waals surface area (Å²) >= 11 is 1.07. The topological polar surface area (TPSA) is 115 Å². The molecule has 0 aliphatic carbocycles. The van der Waals surface area contributed by atoms with Crippen LogP contribution >= 0.6 is 11.8 Å². The van der Waals surface area contributed by atoms with Gasteiger partial charge in [-0.1, -0.05) is 36.9 Å². The summed E-state index contributed by atoms with van der Waals surface area (Å²) in [4.78, 5) is 20.6. The molecule has 0 fully saturated rings. The van der Waals surface area contributed by atoms with Gasteiger partial charge in [-0.3, -0.25) is 4.79 Å². The number of nitrogens with zero attached hydrogens (tertiary/aromatic N) is 2. The highest BCUT2D eigenvalue weighted by Crippen LogP contribution is 2.28. The highest BCUT2D eigenvalue weighted by atomic mass is 32.2. The molecule has 0 unspecified atom stereocenters. The largest absolute Gasteiger partial charge is 0.382 e. The van der Waals surface area contributed by atoms with E-state index in [1.165, 1.54) is 36.4 Å². The molecule has 1 atom stereocenters. The van der Waals surface area contributed by atoms with E-state index in [0.29, 0.717) is 12.1 Å². The Balaban J connectivity index is 1.77. The molecular weight excluding hydrogens is 427 g/mol. The Hall–Kier alpha value is -2.98. The maximum Gasteiger partial charge on any atom is 0.237 e. The highest BCUT2D eigenvalue weighted by molar-refractivity contribution is 8.00. The lowest BCUT2D eigenvalue weighted by molar-refractivity contribution is -0.115. The first-order valence-corrected chi connectivity index (χ1v) is 11.3. The van der Waals surface area contributed by atoms with Gasteiger partial charge in [0.05, 0.1) is 16.3 Å². The van der Waals surface area contributed by atoms with Gasteiger partial charge in [0.25, 0.3) is 0 Å². The molecule has 3 N–H and O–H groups in total. The number of sulfone groups is 1. The second-order valence-electron chi connectivity index (χ2n) is 6.23. The summed E-state index contributed by atoms with van der Waals surface area (Å²) in [5, 5.41) is 2.33. The number of hydrogen-bond donors (Lipinski definition) is 2. The van der Waals surface area contributed by atoms with Crippen LogP contribution in [0.15, 0.2) is 75.7 Å². The van der Waals surface area contributed by atoms with Crippen LogP contribution in [0.25, 0.3) is 0 Å². The minimum atomic E-state index is -3.85. The number of aromatic nitrogens is 2. The fourth-order valence-electron chi connectivity index (χ4n) is 2.56. The third-order valence-electron chi connectivity index (χ3n) is 4.13. The molecule has 2 aromatic carbocycles. The molecule has 0 radical (unpaired) electrons. The van der Waals surface area contributed by atoms with E-state index in [9.17, 15) is 17.6 Å². The zero-order chi connectivity index (χ0) is 21.7. The Morgan fingerprint density at radius 3 is 2.43 bits per heavy atom. The first-order valence-electron chi connectivity index (χ1n) is 8.97. The second-order valence-corrected chi connectivity index (χ2v) is 9.32. The van der Waals surface area contributed by atoms with Gasteiger partial charge in [-0.25, -0.2) is 22.8 Å². The number of halogens is 1. The summed E-state index contributed by atoms with van der Waals surface area (Å²) in [6.07, 6.45) is 1.61. The molecule has 1 amide bonds. The van der Waals surface area contributed by atoms with Crippen molar-refractivity contribution in [3.63, 3.8) is 0 Å². The minimum Gasteiger partial charge on any atom is -0.382 e. The van der Waals surface area contributed by atoms with Crippen LogP contribution in [-0.4, -0.2) is 29.5 Å². The monoisotopic (exact) mass is 446 g/mol. The zero-order valence-corrected chi connectivity index (χ0v) is 17.6. The fraction of sp³-hybridized carbons (Fsp3) is 0.150. The number of carbonyl (C=O) groups excluding carboxylic acids is 1. The molecule has 156 valence electrons. The maximum absolute atomic E-state index is 13.0. The van der Waals surface area contributed by atoms with E-state index in [-0.39, 0.29) is 26.7 Å². The van der Waals surface area contributed by atoms with Gasteiger partial charge in [0.2, 0.25) is 15.7 Å². The van der Waals surface area contributed by atoms with E-state index in [1.807, 2.05) is 6.92 Å². The molecule has 30 heavy (non-hydrogen) atoms. The van der Waals surface area contributed by atoms with Gasteiger partial charge in [-0.2, -0.15) is 0 Å². The Kier molecular flexibility index (Phi) is 6.68. The maximum atomic E-state index is 13.0. The third-order valence-corrected chi connectivity index (χ3v) is 7.15. The quantitative estimate of drug-likeness (QED) is 0.421. The van der Waals surface area contributed by atoms with Gasteiger partial charge in [-0.15, -0.1) is 0 Å². The van der Waals surface area contributed by atoms with Crippen molar-refractivity contribution in [3.8, 4) is 0 Å². The van der Waals surface area contributed by atoms with Crippen LogP contribution < -0.4 is 11.1 Å². The number of nitrogen functional groups attached to an aromatic ring is 1. The lowest BCUT2D eigenvalue weighted by Gasteiger charge is -2.14. The normalized spacial score (nSPS) is 12.3. The predicted octanol–water partition coefficient (Wildman–Crippen LogP) is 3.54. The van der Waals surface area contributed by atoms with Crippen LogP contribution in [0.2, 0.25) is 0 Å². The summed E-state index contributed by atoms with van der Waals surface area (Å²) in [5.41, 5.74) is 6.36. The van der Waals surface area contributed by atoms with Crippen molar-refractivity contribution < 1.29 is 17.6 Å². The summed E-state index contributed by atoms with van der Waals surface area (Å²) < 4.78 is 38.5. The van der Waals surface area contributed by atoms with Crippen molar-refractivity contribution in [2.24, 2.45) is 0 Å². The van der Waals surface area contributed by atoms with Crippen LogP contribution in [0.1, 0.15) is 13.3 Å². The van der Waals surface area contributed by atoms with Crippen molar-refractivity contribution in [2.45, 2.75) is 33.5 Å². The summed E-state index contributed by atoms with van der Waals surface area (Å²) in [6.45, 7) is 1.82. The van der Waals surface area contributed by atoms with E-state index in [4.69, 9.17) is 5.73 Å². The Labute approximate surface area is 177 Å². The molecule has 1 heterocycles. The minimum absolute atomic E-state index is 0.0887. The van der Waals surface area contributed by atoms with Crippen LogP contribution in [0.3, 0.4) is 0 Å². The van der Waals surface area contributed by atoms with Crippen molar-refractivity contribution in [3.05, 3.63) is 66.6 Å². The molecule has 0 saturated carbocycles. The molecule has 1 aromatic heterocycles. The van der Waals surface area contributed by atoms with Crippen LogP contribution in [0, 0.1) is 5.82 Å². The van der Waals surface area contributed by atoms with E-state index in [0.717, 1.165) is 18.0 Å². The van der Waals surface area contributed by atoms with Crippen LogP contribution in [0.4, 0.5) is 15.9 Å². The van der Waals surface area contributed by atoms with E-state index in [2.05, 4.69) is 15.3 Å². The van der Waals surface area contributed by atoms with E-state index < -0.39 is 20.9 Å². The Bertz CT molecular complexity index is 1140. The van der Waals surface area contributed by atoms with Gasteiger partial charge in [0.1, 0.15) is 16.5 Å². The number of benzene rings is 2. The molecule has 10 heteroatoms. The molecule has 3 aromatic rings. The average Bonchev–Trinajstić information content (AvgIpc) is 2.74. The van der Waals surface area contributed by atoms with Gasteiger partial charge in [0.15, 0.2) is 5.16 Å². The van der Waals surface area contributed by atoms with Gasteiger partial charge < -0.3 is 11.1 Å². The molecule has 0 spiro atoms. The van der Waals surface area contributed by atoms with Gasteiger partial charge in [0, 0.05) is 5.69 Å². The Morgan fingerprint density at radius 2 is 1.83 bits per heavy atom. The smallest absolute Gasteiger partial charge is 0.237 e. The van der Waals surface area contributed by atoms with Crippen molar-refractivity contribution in [2.75, 3.05) is 11.1 Å². The number of nitrogens with one attached hydrogen (secondary N) is 1. The number of rotatable bonds is 7. The first-order chi connectivity index (χ1) is 14.3. The zero-order valence-electron chi connectivity index (χ0n) is 15.9. The molecule has 0 saturated heterocycles. The van der Waals surface area contributed by atoms with Gasteiger partial charge >= 0.3 is 0 Å². The SMILES string of the molecule is CC[C@@H](Sc1ncc(S(=O)(=O)c2ccccc2)c(N)n1)C(=O)Nc1ccc(F)cc1. The van der Waals surface area contributed by atoms with E-state index >= 15 is 0 Å². The summed E-state index contributed by atoms with van der Waals surface area (Å²) in [5.74, 6) is -0.897. The predicted molar refractivity (Wildman–Crippen MR) is 113 cm³/mol. The van der Waals surface area contributed by atoms with Gasteiger partial charge in [-0.05, 0) is 42.8 Å². The molecule has 0 bridgehead atoms. The Morgan fingerprint density at radius 1 is 1.17 bits per heavy atom. The van der Waals surface area contributed by atoms with Crippen LogP contribution in [0.5, 0.6) is 0 Å². The number of hydrogen-bond acceptors (Lipinski definition) is 7. The second kappa shape index (κ2) is 9.23. The average molecular weight is 447 g/mol. The van der Waals surface area contributed by atoms with E-state index in [1.54, 1.807) is 18.2 Å². The number of carbonyl (C=O) groups is 1. The van der Waals surface area contributed by atoms with Crippen molar-refractivity contribution in [1.29, 1.82) is 0 Å². The summed E-state index contributed by atoms with van der Waals surface area (Å²) in [6, 6.07) is 13.3. The third kappa shape index (κ3) is 4.95. The van der Waals surface area contributed by atoms with Crippen LogP contribution in [-0.2, 0) is 14.6 Å². The molecule has 3 rings (SSSR count). The lowest BCUT2D eigenvalue weighted by atomic mass is 10.2. The molecule has 0 aliphatic heterocycles.